The summed E-state index contributed by atoms with van der Waals surface area (Å²) < 4.78 is 10.6. The van der Waals surface area contributed by atoms with Gasteiger partial charge in [-0.3, -0.25) is 9.89 Å². The molecule has 7 heteroatoms. The van der Waals surface area contributed by atoms with E-state index >= 15 is 0 Å². The number of hydrogen-bond acceptors (Lipinski definition) is 5. The zero-order valence-corrected chi connectivity index (χ0v) is 12.3. The summed E-state index contributed by atoms with van der Waals surface area (Å²) in [4.78, 5) is 12.3. The Morgan fingerprint density at radius 2 is 2.33 bits per heavy atom. The molecule has 21 heavy (non-hydrogen) atoms. The van der Waals surface area contributed by atoms with Crippen molar-refractivity contribution in [2.75, 3.05) is 0 Å². The van der Waals surface area contributed by atoms with Crippen LogP contribution in [0.25, 0.3) is 0 Å². The Morgan fingerprint density at radius 3 is 3.05 bits per heavy atom. The highest BCUT2D eigenvalue weighted by Gasteiger charge is 2.29. The van der Waals surface area contributed by atoms with Crippen LogP contribution in [0.5, 0.6) is 0 Å². The van der Waals surface area contributed by atoms with Gasteiger partial charge in [0.25, 0.3) is 5.91 Å². The Labute approximate surface area is 122 Å². The largest absolute Gasteiger partial charge is 0.369 e. The third-order valence-electron chi connectivity index (χ3n) is 3.74. The van der Waals surface area contributed by atoms with Crippen molar-refractivity contribution < 1.29 is 14.1 Å². The molecule has 0 bridgehead atoms. The summed E-state index contributed by atoms with van der Waals surface area (Å²) in [6, 6.07) is 0. The zero-order chi connectivity index (χ0) is 15.0. The Balaban J connectivity index is 1.75. The molecule has 0 spiro atoms. The first-order valence-electron chi connectivity index (χ1n) is 6.97. The van der Waals surface area contributed by atoms with Crippen molar-refractivity contribution in [2.45, 2.75) is 45.9 Å². The number of amides is 1. The molecule has 0 radical (unpaired) electrons. The maximum Gasteiger partial charge on any atom is 0.272 e. The molecular weight excluding hydrogens is 272 g/mol. The number of nitrogens with one attached hydrogen (secondary N) is 2. The van der Waals surface area contributed by atoms with E-state index in [-0.39, 0.29) is 18.1 Å². The molecule has 3 heterocycles. The van der Waals surface area contributed by atoms with E-state index in [1.165, 1.54) is 6.26 Å². The average molecular weight is 290 g/mol. The minimum atomic E-state index is -0.200. The third kappa shape index (κ3) is 2.56. The van der Waals surface area contributed by atoms with Crippen LogP contribution in [0.2, 0.25) is 0 Å². The second-order valence-electron chi connectivity index (χ2n) is 5.37. The number of carbonyl (C=O) groups excluding carboxylic acids is 1. The summed E-state index contributed by atoms with van der Waals surface area (Å²) >= 11 is 0. The molecule has 2 atom stereocenters. The van der Waals surface area contributed by atoms with Crippen LogP contribution in [0, 0.1) is 6.92 Å². The first-order valence-corrected chi connectivity index (χ1v) is 6.97. The first kappa shape index (κ1) is 13.8. The summed E-state index contributed by atoms with van der Waals surface area (Å²) in [6.07, 6.45) is 2.23. The number of aromatic amines is 1. The molecule has 1 aliphatic rings. The van der Waals surface area contributed by atoms with Crippen molar-refractivity contribution in [3.05, 3.63) is 34.5 Å². The van der Waals surface area contributed by atoms with Crippen molar-refractivity contribution in [3.63, 3.8) is 0 Å². The molecule has 1 aliphatic heterocycles. The number of aryl methyl sites for hydroxylation is 1. The van der Waals surface area contributed by atoms with E-state index in [9.17, 15) is 4.79 Å². The highest BCUT2D eigenvalue weighted by atomic mass is 16.5. The van der Waals surface area contributed by atoms with Gasteiger partial charge in [0.15, 0.2) is 5.69 Å². The van der Waals surface area contributed by atoms with Crippen LogP contribution in [0.15, 0.2) is 10.8 Å². The van der Waals surface area contributed by atoms with Gasteiger partial charge in [0.2, 0.25) is 0 Å². The van der Waals surface area contributed by atoms with Crippen molar-refractivity contribution in [3.8, 4) is 0 Å². The van der Waals surface area contributed by atoms with Gasteiger partial charge in [0, 0.05) is 24.1 Å². The van der Waals surface area contributed by atoms with Gasteiger partial charge in [-0.1, -0.05) is 5.16 Å². The molecule has 0 saturated heterocycles. The van der Waals surface area contributed by atoms with Crippen LogP contribution >= 0.6 is 0 Å². The molecule has 0 saturated carbocycles. The van der Waals surface area contributed by atoms with Gasteiger partial charge in [0.1, 0.15) is 6.26 Å². The lowest BCUT2D eigenvalue weighted by Crippen LogP contribution is -2.27. The number of ether oxygens (including phenoxy) is 1. The molecule has 0 aromatic carbocycles. The maximum absolute atomic E-state index is 12.3. The first-order chi connectivity index (χ1) is 10.1. The zero-order valence-electron chi connectivity index (χ0n) is 12.3. The smallest absolute Gasteiger partial charge is 0.272 e. The topological polar surface area (TPSA) is 93.0 Å². The van der Waals surface area contributed by atoms with Gasteiger partial charge in [0.05, 0.1) is 23.6 Å². The fourth-order valence-corrected chi connectivity index (χ4v) is 2.60. The molecule has 7 nitrogen and oxygen atoms in total. The highest BCUT2D eigenvalue weighted by molar-refractivity contribution is 5.94. The molecule has 112 valence electrons. The van der Waals surface area contributed by atoms with Crippen molar-refractivity contribution in [1.82, 2.24) is 20.7 Å². The molecule has 2 aromatic rings. The van der Waals surface area contributed by atoms with Crippen molar-refractivity contribution >= 4 is 5.91 Å². The maximum atomic E-state index is 12.3. The molecule has 0 unspecified atom stereocenters. The predicted octanol–water partition coefficient (Wildman–Crippen LogP) is 1.66. The van der Waals surface area contributed by atoms with Crippen molar-refractivity contribution in [2.24, 2.45) is 0 Å². The highest BCUT2D eigenvalue weighted by Crippen LogP contribution is 2.30. The van der Waals surface area contributed by atoms with Gasteiger partial charge < -0.3 is 14.6 Å². The van der Waals surface area contributed by atoms with E-state index in [1.54, 1.807) is 0 Å². The van der Waals surface area contributed by atoms with E-state index in [0.29, 0.717) is 18.7 Å². The lowest BCUT2D eigenvalue weighted by atomic mass is 9.99. The summed E-state index contributed by atoms with van der Waals surface area (Å²) in [5.74, 6) is -0.200. The third-order valence-corrected chi connectivity index (χ3v) is 3.74. The second kappa shape index (κ2) is 5.33. The molecule has 2 aromatic heterocycles. The van der Waals surface area contributed by atoms with Crippen LogP contribution in [-0.2, 0) is 17.7 Å². The number of fused-ring (bicyclic) bond motifs is 1. The quantitative estimate of drug-likeness (QED) is 0.896. The Bertz CT molecular complexity index is 661. The van der Waals surface area contributed by atoms with Gasteiger partial charge in [-0.25, -0.2) is 0 Å². The summed E-state index contributed by atoms with van der Waals surface area (Å²) in [5, 5.41) is 13.7. The lowest BCUT2D eigenvalue weighted by Gasteiger charge is -2.25. The van der Waals surface area contributed by atoms with Crippen LogP contribution in [0.3, 0.4) is 0 Å². The van der Waals surface area contributed by atoms with Crippen LogP contribution in [-0.4, -0.2) is 27.4 Å². The lowest BCUT2D eigenvalue weighted by molar-refractivity contribution is -0.00697. The Hall–Kier alpha value is -2.15. The fraction of sp³-hybridized carbons (Fsp3) is 0.500. The van der Waals surface area contributed by atoms with Gasteiger partial charge in [-0.2, -0.15) is 5.10 Å². The van der Waals surface area contributed by atoms with E-state index in [2.05, 4.69) is 20.7 Å². The minimum absolute atomic E-state index is 0.0712. The van der Waals surface area contributed by atoms with Gasteiger partial charge in [-0.15, -0.1) is 0 Å². The van der Waals surface area contributed by atoms with Crippen molar-refractivity contribution in [1.29, 1.82) is 0 Å². The SMILES string of the molecule is Cc1nocc1CNC(=O)c1n[nH]c2c1C[C@@H](C)O[C@H]2C. The molecule has 1 amide bonds. The molecule has 3 rings (SSSR count). The molecule has 2 N–H and O–H groups in total. The molecule has 0 aliphatic carbocycles. The van der Waals surface area contributed by atoms with E-state index < -0.39 is 0 Å². The van der Waals surface area contributed by atoms with E-state index in [4.69, 9.17) is 9.26 Å². The monoisotopic (exact) mass is 290 g/mol. The van der Waals surface area contributed by atoms with E-state index in [0.717, 1.165) is 22.5 Å². The summed E-state index contributed by atoms with van der Waals surface area (Å²) in [7, 11) is 0. The van der Waals surface area contributed by atoms with Crippen LogP contribution < -0.4 is 5.32 Å². The van der Waals surface area contributed by atoms with Gasteiger partial charge in [-0.05, 0) is 20.8 Å². The summed E-state index contributed by atoms with van der Waals surface area (Å²) in [5.41, 5.74) is 3.91. The minimum Gasteiger partial charge on any atom is -0.369 e. The number of aromatic nitrogens is 3. The number of nitrogens with zero attached hydrogens (tertiary/aromatic N) is 2. The fourth-order valence-electron chi connectivity index (χ4n) is 2.60. The molecule has 0 fully saturated rings. The standard InChI is InChI=1S/C14H18N4O3/c1-7-4-11-12(9(3)21-7)16-17-13(11)14(19)15-5-10-6-20-18-8(10)2/h6-7,9H,4-5H2,1-3H3,(H,15,19)(H,16,17)/t7-,9+/m1/s1. The average Bonchev–Trinajstić information content (AvgIpc) is 3.02. The number of rotatable bonds is 3. The Kier molecular flexibility index (Phi) is 3.50. The van der Waals surface area contributed by atoms with Gasteiger partial charge >= 0.3 is 0 Å². The van der Waals surface area contributed by atoms with E-state index in [1.807, 2.05) is 20.8 Å². The molecular formula is C14H18N4O3. The summed E-state index contributed by atoms with van der Waals surface area (Å²) in [6.45, 7) is 6.16. The number of H-pyrrole nitrogens is 1. The number of carbonyl (C=O) groups is 1. The predicted molar refractivity (Wildman–Crippen MR) is 73.7 cm³/mol. The van der Waals surface area contributed by atoms with Crippen LogP contribution in [0.1, 0.15) is 53.0 Å². The normalized spacial score (nSPS) is 21.1. The van der Waals surface area contributed by atoms with Crippen LogP contribution in [0.4, 0.5) is 0 Å². The Morgan fingerprint density at radius 1 is 1.52 bits per heavy atom. The number of hydrogen-bond donors (Lipinski definition) is 2. The second-order valence-corrected chi connectivity index (χ2v) is 5.37.